The van der Waals surface area contributed by atoms with Crippen LogP contribution in [0.5, 0.6) is 5.75 Å². The molecular weight excluding hydrogens is 290 g/mol. The Bertz CT molecular complexity index is 734. The van der Waals surface area contributed by atoms with Crippen molar-refractivity contribution in [3.63, 3.8) is 0 Å². The number of anilines is 1. The van der Waals surface area contributed by atoms with Gasteiger partial charge >= 0.3 is 0 Å². The Balaban J connectivity index is 1.95. The van der Waals surface area contributed by atoms with Gasteiger partial charge in [0.1, 0.15) is 11.3 Å². The number of amides is 1. The van der Waals surface area contributed by atoms with Gasteiger partial charge in [-0.05, 0) is 29.8 Å². The van der Waals surface area contributed by atoms with Gasteiger partial charge in [-0.25, -0.2) is 8.78 Å². The molecule has 2 aromatic carbocycles. The SMILES string of the molecule is COc1cccc(CN2CNC(=O)c3c2ccc(F)c3F)c1. The smallest absolute Gasteiger partial charge is 0.257 e. The van der Waals surface area contributed by atoms with E-state index in [9.17, 15) is 13.6 Å². The fourth-order valence-electron chi connectivity index (χ4n) is 2.49. The average molecular weight is 304 g/mol. The van der Waals surface area contributed by atoms with E-state index in [4.69, 9.17) is 4.74 Å². The lowest BCUT2D eigenvalue weighted by molar-refractivity contribution is 0.0942. The summed E-state index contributed by atoms with van der Waals surface area (Å²) < 4.78 is 32.4. The maximum Gasteiger partial charge on any atom is 0.257 e. The quantitative estimate of drug-likeness (QED) is 0.948. The van der Waals surface area contributed by atoms with Gasteiger partial charge in [0.25, 0.3) is 5.91 Å². The molecule has 0 unspecified atom stereocenters. The summed E-state index contributed by atoms with van der Waals surface area (Å²) in [4.78, 5) is 13.6. The summed E-state index contributed by atoms with van der Waals surface area (Å²) in [5.74, 6) is -2.04. The molecule has 2 aromatic rings. The molecule has 0 fully saturated rings. The minimum Gasteiger partial charge on any atom is -0.497 e. The van der Waals surface area contributed by atoms with Crippen LogP contribution in [0.1, 0.15) is 15.9 Å². The van der Waals surface area contributed by atoms with Gasteiger partial charge in [0, 0.05) is 6.54 Å². The Morgan fingerprint density at radius 1 is 1.27 bits per heavy atom. The number of fused-ring (bicyclic) bond motifs is 1. The average Bonchev–Trinajstić information content (AvgIpc) is 2.53. The highest BCUT2D eigenvalue weighted by Crippen LogP contribution is 2.29. The number of ether oxygens (including phenoxy) is 1. The van der Waals surface area contributed by atoms with Crippen LogP contribution in [0.4, 0.5) is 14.5 Å². The van der Waals surface area contributed by atoms with Gasteiger partial charge in [-0.1, -0.05) is 12.1 Å². The van der Waals surface area contributed by atoms with Crippen LogP contribution in [0.15, 0.2) is 36.4 Å². The number of carbonyl (C=O) groups is 1. The van der Waals surface area contributed by atoms with Crippen molar-refractivity contribution in [1.82, 2.24) is 5.32 Å². The van der Waals surface area contributed by atoms with E-state index < -0.39 is 17.5 Å². The maximum absolute atomic E-state index is 13.9. The summed E-state index contributed by atoms with van der Waals surface area (Å²) in [5, 5.41) is 2.55. The van der Waals surface area contributed by atoms with Gasteiger partial charge < -0.3 is 15.0 Å². The van der Waals surface area contributed by atoms with Crippen LogP contribution in [-0.4, -0.2) is 19.7 Å². The standard InChI is InChI=1S/C16H14F2N2O2/c1-22-11-4-2-3-10(7-11)8-20-9-19-16(21)14-13(20)6-5-12(17)15(14)18/h2-7H,8-9H2,1H3,(H,19,21). The Labute approximate surface area is 126 Å². The Hall–Kier alpha value is -2.63. The minimum absolute atomic E-state index is 0.230. The zero-order valence-corrected chi connectivity index (χ0v) is 11.9. The monoisotopic (exact) mass is 304 g/mol. The molecular formula is C16H14F2N2O2. The Kier molecular flexibility index (Phi) is 3.66. The molecule has 4 nitrogen and oxygen atoms in total. The third kappa shape index (κ3) is 2.47. The number of benzene rings is 2. The van der Waals surface area contributed by atoms with Crippen LogP contribution in [0.25, 0.3) is 0 Å². The van der Waals surface area contributed by atoms with Gasteiger partial charge in [0.15, 0.2) is 11.6 Å². The summed E-state index contributed by atoms with van der Waals surface area (Å²) >= 11 is 0. The third-order valence-electron chi connectivity index (χ3n) is 3.58. The summed E-state index contributed by atoms with van der Waals surface area (Å²) in [6.07, 6.45) is 0. The van der Waals surface area contributed by atoms with Crippen LogP contribution < -0.4 is 15.0 Å². The molecule has 3 rings (SSSR count). The fraction of sp³-hybridized carbons (Fsp3) is 0.188. The molecule has 0 saturated carbocycles. The van der Waals surface area contributed by atoms with Crippen LogP contribution >= 0.6 is 0 Å². The molecule has 0 atom stereocenters. The van der Waals surface area contributed by atoms with Crippen LogP contribution in [-0.2, 0) is 6.54 Å². The van der Waals surface area contributed by atoms with Gasteiger partial charge in [-0.2, -0.15) is 0 Å². The molecule has 0 aromatic heterocycles. The molecule has 1 aliphatic heterocycles. The first kappa shape index (κ1) is 14.3. The third-order valence-corrected chi connectivity index (χ3v) is 3.58. The summed E-state index contributed by atoms with van der Waals surface area (Å²) in [6.45, 7) is 0.670. The van der Waals surface area contributed by atoms with Gasteiger partial charge in [0.2, 0.25) is 0 Å². The second-order valence-corrected chi connectivity index (χ2v) is 4.97. The van der Waals surface area contributed by atoms with Gasteiger partial charge in [-0.15, -0.1) is 0 Å². The first-order valence-corrected chi connectivity index (χ1v) is 6.74. The normalized spacial score (nSPS) is 13.6. The Morgan fingerprint density at radius 3 is 2.86 bits per heavy atom. The second-order valence-electron chi connectivity index (χ2n) is 4.97. The van der Waals surface area contributed by atoms with E-state index in [0.29, 0.717) is 18.0 Å². The molecule has 0 aliphatic carbocycles. The molecule has 1 N–H and O–H groups in total. The van der Waals surface area contributed by atoms with Gasteiger partial charge in [-0.3, -0.25) is 4.79 Å². The predicted molar refractivity (Wildman–Crippen MR) is 77.9 cm³/mol. The summed E-state index contributed by atoms with van der Waals surface area (Å²) in [6, 6.07) is 9.89. The van der Waals surface area contributed by atoms with E-state index in [1.165, 1.54) is 6.07 Å². The molecule has 0 saturated heterocycles. The van der Waals surface area contributed by atoms with Gasteiger partial charge in [0.05, 0.1) is 19.5 Å². The first-order chi connectivity index (χ1) is 10.6. The molecule has 1 heterocycles. The number of nitrogens with zero attached hydrogens (tertiary/aromatic N) is 1. The topological polar surface area (TPSA) is 41.6 Å². The molecule has 6 heteroatoms. The van der Waals surface area contributed by atoms with Crippen molar-refractivity contribution >= 4 is 11.6 Å². The van der Waals surface area contributed by atoms with E-state index in [2.05, 4.69) is 5.32 Å². The van der Waals surface area contributed by atoms with Crippen molar-refractivity contribution < 1.29 is 18.3 Å². The van der Waals surface area contributed by atoms with Crippen LogP contribution in [0.3, 0.4) is 0 Å². The lowest BCUT2D eigenvalue weighted by Crippen LogP contribution is -2.43. The maximum atomic E-state index is 13.9. The number of hydrogen-bond donors (Lipinski definition) is 1. The molecule has 1 aliphatic rings. The Morgan fingerprint density at radius 2 is 2.09 bits per heavy atom. The molecule has 1 amide bonds. The lowest BCUT2D eigenvalue weighted by atomic mass is 10.1. The minimum atomic E-state index is -1.12. The summed E-state index contributed by atoms with van der Waals surface area (Å²) in [5.41, 5.74) is 1.06. The number of methoxy groups -OCH3 is 1. The number of nitrogens with one attached hydrogen (secondary N) is 1. The first-order valence-electron chi connectivity index (χ1n) is 6.74. The molecule has 22 heavy (non-hydrogen) atoms. The largest absolute Gasteiger partial charge is 0.497 e. The van der Waals surface area contributed by atoms with E-state index in [0.717, 1.165) is 11.6 Å². The highest BCUT2D eigenvalue weighted by atomic mass is 19.2. The molecule has 0 spiro atoms. The van der Waals surface area contributed by atoms with Crippen LogP contribution in [0, 0.1) is 11.6 Å². The van der Waals surface area contributed by atoms with Crippen molar-refractivity contribution in [1.29, 1.82) is 0 Å². The van der Waals surface area contributed by atoms with E-state index in [1.807, 2.05) is 24.3 Å². The highest BCUT2D eigenvalue weighted by Gasteiger charge is 2.28. The predicted octanol–water partition coefficient (Wildman–Crippen LogP) is 2.68. The molecule has 114 valence electrons. The van der Waals surface area contributed by atoms with Crippen LogP contribution in [0.2, 0.25) is 0 Å². The zero-order valence-electron chi connectivity index (χ0n) is 11.9. The lowest BCUT2D eigenvalue weighted by Gasteiger charge is -2.31. The summed E-state index contributed by atoms with van der Waals surface area (Å²) in [7, 11) is 1.58. The van der Waals surface area contributed by atoms with E-state index in [1.54, 1.807) is 12.0 Å². The van der Waals surface area contributed by atoms with Crippen molar-refractivity contribution in [3.8, 4) is 5.75 Å². The number of halogens is 2. The number of hydrogen-bond acceptors (Lipinski definition) is 3. The zero-order chi connectivity index (χ0) is 15.7. The number of carbonyl (C=O) groups excluding carboxylic acids is 1. The second kappa shape index (κ2) is 5.63. The van der Waals surface area contributed by atoms with Crippen molar-refractivity contribution in [2.24, 2.45) is 0 Å². The molecule has 0 radical (unpaired) electrons. The van der Waals surface area contributed by atoms with Crippen molar-refractivity contribution in [3.05, 3.63) is 59.2 Å². The van der Waals surface area contributed by atoms with Crippen molar-refractivity contribution in [2.45, 2.75) is 6.54 Å². The fourth-order valence-corrected chi connectivity index (χ4v) is 2.49. The van der Waals surface area contributed by atoms with Crippen molar-refractivity contribution in [2.75, 3.05) is 18.7 Å². The number of rotatable bonds is 3. The molecule has 0 bridgehead atoms. The highest BCUT2D eigenvalue weighted by molar-refractivity contribution is 6.01. The van der Waals surface area contributed by atoms with E-state index in [-0.39, 0.29) is 12.2 Å². The van der Waals surface area contributed by atoms with E-state index >= 15 is 0 Å².